The lowest BCUT2D eigenvalue weighted by molar-refractivity contribution is 0.464. The molecule has 0 spiro atoms. The van der Waals surface area contributed by atoms with Gasteiger partial charge in [0, 0.05) is 22.5 Å². The summed E-state index contributed by atoms with van der Waals surface area (Å²) in [6.07, 6.45) is 0. The van der Waals surface area contributed by atoms with Crippen LogP contribution in [0.2, 0.25) is 0 Å². The second kappa shape index (κ2) is 6.55. The first-order chi connectivity index (χ1) is 16.9. The maximum atomic E-state index is 6.40. The van der Waals surface area contributed by atoms with Crippen LogP contribution in [0.25, 0.3) is 11.1 Å². The van der Waals surface area contributed by atoms with Crippen LogP contribution in [0.15, 0.2) is 109 Å². The van der Waals surface area contributed by atoms with Gasteiger partial charge in [0.1, 0.15) is 23.0 Å². The van der Waals surface area contributed by atoms with E-state index in [2.05, 4.69) is 89.8 Å². The zero-order chi connectivity index (χ0) is 22.2. The Labute approximate surface area is 197 Å². The van der Waals surface area contributed by atoms with Gasteiger partial charge in [-0.3, -0.25) is 0 Å². The van der Waals surface area contributed by atoms with Gasteiger partial charge in [0.05, 0.1) is 0 Å². The van der Waals surface area contributed by atoms with Crippen molar-refractivity contribution in [2.75, 3.05) is 4.90 Å². The second-order valence-corrected chi connectivity index (χ2v) is 8.93. The third kappa shape index (κ3) is 2.32. The molecule has 0 radical (unpaired) electrons. The third-order valence-electron chi connectivity index (χ3n) is 7.13. The van der Waals surface area contributed by atoms with Crippen molar-refractivity contribution in [1.29, 1.82) is 0 Å². The molecule has 0 amide bonds. The Morgan fingerprint density at radius 1 is 0.441 bits per heavy atom. The lowest BCUT2D eigenvalue weighted by Crippen LogP contribution is -2.61. The highest BCUT2D eigenvalue weighted by Gasteiger charge is 2.47. The molecule has 3 aliphatic heterocycles. The van der Waals surface area contributed by atoms with Crippen molar-refractivity contribution in [2.24, 2.45) is 0 Å². The van der Waals surface area contributed by atoms with E-state index in [0.717, 1.165) is 45.5 Å². The Bertz CT molecular complexity index is 1540. The molecule has 0 saturated carbocycles. The van der Waals surface area contributed by atoms with Gasteiger partial charge >= 0.3 is 0 Å². The number of nitrogens with zero attached hydrogens (tertiary/aromatic N) is 1. The number of rotatable bonds is 2. The molecule has 0 saturated heterocycles. The molecule has 0 N–H and O–H groups in total. The van der Waals surface area contributed by atoms with Gasteiger partial charge in [0.15, 0.2) is 0 Å². The van der Waals surface area contributed by atoms with E-state index in [1.165, 1.54) is 22.1 Å². The smallest absolute Gasteiger partial charge is 0.266 e. The van der Waals surface area contributed by atoms with Gasteiger partial charge in [0.25, 0.3) is 6.71 Å². The summed E-state index contributed by atoms with van der Waals surface area (Å²) in [5, 5.41) is 0. The molecule has 0 atom stereocenters. The number of hydrogen-bond donors (Lipinski definition) is 0. The van der Waals surface area contributed by atoms with Gasteiger partial charge in [-0.2, -0.15) is 0 Å². The molecule has 34 heavy (non-hydrogen) atoms. The van der Waals surface area contributed by atoms with Crippen molar-refractivity contribution >= 4 is 40.2 Å². The lowest BCUT2D eigenvalue weighted by Gasteiger charge is -2.42. The minimum atomic E-state index is 0.103. The van der Waals surface area contributed by atoms with Crippen molar-refractivity contribution < 1.29 is 9.47 Å². The Hall–Kier alpha value is -4.44. The average molecular weight is 435 g/mol. The standard InChI is InChI=1S/C30H18BNO2/c1-2-7-19(8-3-1)20-15-17-21(18-16-20)32-22-9-4-11-24-28(22)31-29-23(32)10-5-12-25(29)34-27-14-6-13-26(33-24)30(27)31/h1-18H. The van der Waals surface area contributed by atoms with Crippen LogP contribution in [0.4, 0.5) is 17.1 Å². The van der Waals surface area contributed by atoms with Crippen LogP contribution < -0.4 is 30.8 Å². The molecule has 3 nitrogen and oxygen atoms in total. The summed E-state index contributed by atoms with van der Waals surface area (Å²) in [6, 6.07) is 38.1. The molecule has 3 heterocycles. The summed E-state index contributed by atoms with van der Waals surface area (Å²) in [4.78, 5) is 2.34. The number of ether oxygens (including phenoxy) is 2. The first-order valence-corrected chi connectivity index (χ1v) is 11.6. The highest BCUT2D eigenvalue weighted by Crippen LogP contribution is 2.45. The molecule has 8 rings (SSSR count). The van der Waals surface area contributed by atoms with Crippen LogP contribution in [0.5, 0.6) is 23.0 Å². The molecule has 0 aromatic heterocycles. The van der Waals surface area contributed by atoms with Gasteiger partial charge in [-0.25, -0.2) is 0 Å². The van der Waals surface area contributed by atoms with Crippen LogP contribution in [0.3, 0.4) is 0 Å². The van der Waals surface area contributed by atoms with E-state index < -0.39 is 0 Å². The van der Waals surface area contributed by atoms with Crippen molar-refractivity contribution in [2.45, 2.75) is 0 Å². The molecule has 158 valence electrons. The summed E-state index contributed by atoms with van der Waals surface area (Å²) >= 11 is 0. The highest BCUT2D eigenvalue weighted by atomic mass is 16.5. The van der Waals surface area contributed by atoms with Crippen molar-refractivity contribution in [1.82, 2.24) is 0 Å². The number of benzene rings is 5. The predicted octanol–water partition coefficient (Wildman–Crippen LogP) is 5.86. The van der Waals surface area contributed by atoms with E-state index in [1.807, 2.05) is 24.3 Å². The topological polar surface area (TPSA) is 21.7 Å². The van der Waals surface area contributed by atoms with Gasteiger partial charge in [-0.1, -0.05) is 60.7 Å². The summed E-state index contributed by atoms with van der Waals surface area (Å²) in [5.41, 5.74) is 9.38. The third-order valence-corrected chi connectivity index (χ3v) is 7.13. The van der Waals surface area contributed by atoms with Crippen LogP contribution in [-0.2, 0) is 0 Å². The van der Waals surface area contributed by atoms with E-state index in [1.54, 1.807) is 0 Å². The van der Waals surface area contributed by atoms with E-state index in [4.69, 9.17) is 9.47 Å². The summed E-state index contributed by atoms with van der Waals surface area (Å²) in [5.74, 6) is 3.60. The predicted molar refractivity (Wildman–Crippen MR) is 138 cm³/mol. The molecule has 3 aliphatic rings. The average Bonchev–Trinajstić information content (AvgIpc) is 2.90. The Morgan fingerprint density at radius 3 is 1.53 bits per heavy atom. The SMILES string of the molecule is c1ccc(-c2ccc(N3c4cccc5c4B4c6c(cccc6Oc6cccc3c64)O5)cc2)cc1. The Balaban J connectivity index is 1.37. The molecule has 0 unspecified atom stereocenters. The highest BCUT2D eigenvalue weighted by molar-refractivity contribution is 7.00. The zero-order valence-corrected chi connectivity index (χ0v) is 18.2. The molecular weight excluding hydrogens is 417 g/mol. The molecule has 4 heteroatoms. The molecule has 5 aromatic carbocycles. The van der Waals surface area contributed by atoms with Crippen molar-refractivity contribution in [3.05, 3.63) is 109 Å². The normalized spacial score (nSPS) is 13.6. The van der Waals surface area contributed by atoms with Crippen LogP contribution in [-0.4, -0.2) is 6.71 Å². The Kier molecular flexibility index (Phi) is 3.48. The summed E-state index contributed by atoms with van der Waals surface area (Å²) in [6.45, 7) is 0.103. The van der Waals surface area contributed by atoms with Crippen molar-refractivity contribution in [3.8, 4) is 34.1 Å². The first kappa shape index (κ1) is 18.0. The molecule has 0 bridgehead atoms. The number of hydrogen-bond acceptors (Lipinski definition) is 3. The maximum Gasteiger partial charge on any atom is 0.266 e. The quantitative estimate of drug-likeness (QED) is 0.318. The molecule has 5 aromatic rings. The van der Waals surface area contributed by atoms with Crippen molar-refractivity contribution in [3.63, 3.8) is 0 Å². The van der Waals surface area contributed by atoms with Crippen LogP contribution in [0.1, 0.15) is 0 Å². The summed E-state index contributed by atoms with van der Waals surface area (Å²) in [7, 11) is 0. The van der Waals surface area contributed by atoms with Gasteiger partial charge < -0.3 is 14.4 Å². The van der Waals surface area contributed by atoms with E-state index in [9.17, 15) is 0 Å². The molecule has 0 aliphatic carbocycles. The van der Waals surface area contributed by atoms with Crippen LogP contribution in [0, 0.1) is 0 Å². The Morgan fingerprint density at radius 2 is 0.941 bits per heavy atom. The first-order valence-electron chi connectivity index (χ1n) is 11.6. The van der Waals surface area contributed by atoms with E-state index >= 15 is 0 Å². The monoisotopic (exact) mass is 435 g/mol. The largest absolute Gasteiger partial charge is 0.458 e. The second-order valence-electron chi connectivity index (χ2n) is 8.93. The minimum absolute atomic E-state index is 0.103. The van der Waals surface area contributed by atoms with Gasteiger partial charge in [-0.15, -0.1) is 0 Å². The maximum absolute atomic E-state index is 6.40. The fourth-order valence-corrected chi connectivity index (χ4v) is 5.71. The zero-order valence-electron chi connectivity index (χ0n) is 18.2. The van der Waals surface area contributed by atoms with Gasteiger partial charge in [0.2, 0.25) is 0 Å². The molecular formula is C30H18BNO2. The molecule has 0 fully saturated rings. The minimum Gasteiger partial charge on any atom is -0.458 e. The fraction of sp³-hybridized carbons (Fsp3) is 0. The van der Waals surface area contributed by atoms with Crippen LogP contribution >= 0.6 is 0 Å². The van der Waals surface area contributed by atoms with E-state index in [-0.39, 0.29) is 6.71 Å². The lowest BCUT2D eigenvalue weighted by atomic mass is 9.33. The van der Waals surface area contributed by atoms with Gasteiger partial charge in [-0.05, 0) is 70.6 Å². The van der Waals surface area contributed by atoms with E-state index in [0.29, 0.717) is 0 Å². The summed E-state index contributed by atoms with van der Waals surface area (Å²) < 4.78 is 12.8. The number of anilines is 3. The fourth-order valence-electron chi connectivity index (χ4n) is 5.71.